The first-order valence-electron chi connectivity index (χ1n) is 11.1. The average Bonchev–Trinajstić information content (AvgIpc) is 3.14. The zero-order valence-corrected chi connectivity index (χ0v) is 19.5. The smallest absolute Gasteiger partial charge is 0.338 e. The number of rotatable bonds is 7. The van der Waals surface area contributed by atoms with Crippen LogP contribution in [0.25, 0.3) is 11.3 Å². The lowest BCUT2D eigenvalue weighted by Gasteiger charge is -2.17. The largest absolute Gasteiger partial charge is 0.462 e. The number of ether oxygens (including phenoxy) is 1. The van der Waals surface area contributed by atoms with Crippen molar-refractivity contribution in [2.75, 3.05) is 37.1 Å². The lowest BCUT2D eigenvalue weighted by Crippen LogP contribution is -2.13. The second-order valence-corrected chi connectivity index (χ2v) is 8.33. The molecule has 0 unspecified atom stereocenters. The van der Waals surface area contributed by atoms with Gasteiger partial charge in [0.05, 0.1) is 29.1 Å². The third-order valence-electron chi connectivity index (χ3n) is 5.49. The summed E-state index contributed by atoms with van der Waals surface area (Å²) in [6.07, 6.45) is 0. The van der Waals surface area contributed by atoms with Gasteiger partial charge in [-0.2, -0.15) is 0 Å². The monoisotopic (exact) mass is 456 g/mol. The molecule has 34 heavy (non-hydrogen) atoms. The van der Waals surface area contributed by atoms with Gasteiger partial charge in [-0.05, 0) is 56.4 Å². The van der Waals surface area contributed by atoms with E-state index in [1.54, 1.807) is 25.1 Å². The molecule has 0 fully saturated rings. The Hall–Kier alpha value is -4.10. The van der Waals surface area contributed by atoms with Crippen LogP contribution in [0, 0.1) is 0 Å². The molecule has 0 saturated heterocycles. The first-order chi connectivity index (χ1) is 16.4. The Labute approximate surface area is 199 Å². The number of anilines is 3. The Bertz CT molecular complexity index is 1270. The van der Waals surface area contributed by atoms with Crippen LogP contribution in [0.1, 0.15) is 34.0 Å². The molecule has 0 aromatic heterocycles. The quantitative estimate of drug-likeness (QED) is 0.276. The van der Waals surface area contributed by atoms with Crippen LogP contribution in [0.15, 0.2) is 66.7 Å². The summed E-state index contributed by atoms with van der Waals surface area (Å²) in [5.41, 5.74) is 12.4. The fourth-order valence-electron chi connectivity index (χ4n) is 3.95. The number of nitrogens with one attached hydrogen (secondary N) is 2. The van der Waals surface area contributed by atoms with Crippen LogP contribution in [-0.2, 0) is 16.1 Å². The molecule has 0 bridgehead atoms. The van der Waals surface area contributed by atoms with E-state index in [2.05, 4.69) is 15.5 Å². The number of nitrogen functional groups attached to an aromatic ring is 1. The van der Waals surface area contributed by atoms with Gasteiger partial charge in [-0.1, -0.05) is 42.5 Å². The average molecular weight is 457 g/mol. The van der Waals surface area contributed by atoms with Crippen molar-refractivity contribution in [1.82, 2.24) is 4.90 Å². The van der Waals surface area contributed by atoms with E-state index in [-0.39, 0.29) is 12.5 Å². The number of fused-ring (bicyclic) bond motifs is 1. The van der Waals surface area contributed by atoms with Crippen molar-refractivity contribution in [2.45, 2.75) is 13.5 Å². The zero-order chi connectivity index (χ0) is 24.2. The molecule has 174 valence electrons. The van der Waals surface area contributed by atoms with Crippen molar-refractivity contribution < 1.29 is 14.3 Å². The molecule has 0 spiro atoms. The molecule has 3 aromatic rings. The van der Waals surface area contributed by atoms with Gasteiger partial charge in [-0.25, -0.2) is 4.79 Å². The van der Waals surface area contributed by atoms with Gasteiger partial charge >= 0.3 is 5.97 Å². The van der Waals surface area contributed by atoms with E-state index in [0.29, 0.717) is 33.8 Å². The lowest BCUT2D eigenvalue weighted by atomic mass is 9.99. The number of nitrogens with zero attached hydrogens (tertiary/aromatic N) is 1. The number of benzene rings is 3. The van der Waals surface area contributed by atoms with E-state index >= 15 is 0 Å². The highest BCUT2D eigenvalue weighted by Crippen LogP contribution is 2.38. The number of carbonyl (C=O) groups excluding carboxylic acids is 2. The van der Waals surface area contributed by atoms with Gasteiger partial charge in [0.15, 0.2) is 0 Å². The Kier molecular flexibility index (Phi) is 6.65. The molecule has 0 saturated carbocycles. The Morgan fingerprint density at radius 1 is 1.03 bits per heavy atom. The summed E-state index contributed by atoms with van der Waals surface area (Å²) in [7, 11) is 3.99. The van der Waals surface area contributed by atoms with Gasteiger partial charge in [-0.3, -0.25) is 4.79 Å². The van der Waals surface area contributed by atoms with Gasteiger partial charge < -0.3 is 26.0 Å². The predicted molar refractivity (Wildman–Crippen MR) is 136 cm³/mol. The molecule has 4 N–H and O–H groups in total. The molecule has 1 amide bonds. The molecular formula is C27H28N4O3. The molecule has 1 heterocycles. The molecule has 0 radical (unpaired) electrons. The Morgan fingerprint density at radius 3 is 2.47 bits per heavy atom. The van der Waals surface area contributed by atoms with Crippen LogP contribution < -0.4 is 16.4 Å². The number of amides is 1. The summed E-state index contributed by atoms with van der Waals surface area (Å²) in [6, 6.07) is 20.6. The third kappa shape index (κ3) is 4.79. The van der Waals surface area contributed by atoms with E-state index in [4.69, 9.17) is 10.5 Å². The molecule has 1 aliphatic heterocycles. The summed E-state index contributed by atoms with van der Waals surface area (Å²) >= 11 is 0. The summed E-state index contributed by atoms with van der Waals surface area (Å²) in [4.78, 5) is 27.3. The number of esters is 1. The van der Waals surface area contributed by atoms with Crippen LogP contribution in [0.3, 0.4) is 0 Å². The van der Waals surface area contributed by atoms with Gasteiger partial charge in [-0.15, -0.1) is 0 Å². The minimum Gasteiger partial charge on any atom is -0.462 e. The van der Waals surface area contributed by atoms with Crippen LogP contribution >= 0.6 is 0 Å². The minimum absolute atomic E-state index is 0.250. The van der Waals surface area contributed by atoms with E-state index in [0.717, 1.165) is 23.4 Å². The summed E-state index contributed by atoms with van der Waals surface area (Å²) in [5, 5.41) is 6.31. The maximum atomic E-state index is 13.1. The molecule has 0 atom stereocenters. The van der Waals surface area contributed by atoms with Crippen molar-refractivity contribution in [3.8, 4) is 0 Å². The highest BCUT2D eigenvalue weighted by Gasteiger charge is 2.29. The second-order valence-electron chi connectivity index (χ2n) is 8.33. The van der Waals surface area contributed by atoms with Crippen LogP contribution in [0.5, 0.6) is 0 Å². The fraction of sp³-hybridized carbons (Fsp3) is 0.185. The van der Waals surface area contributed by atoms with Gasteiger partial charge in [0, 0.05) is 23.5 Å². The maximum Gasteiger partial charge on any atom is 0.338 e. The minimum atomic E-state index is -0.424. The van der Waals surface area contributed by atoms with E-state index in [9.17, 15) is 9.59 Å². The first kappa shape index (κ1) is 23.1. The molecule has 3 aromatic carbocycles. The highest BCUT2D eigenvalue weighted by molar-refractivity contribution is 6.37. The van der Waals surface area contributed by atoms with E-state index in [1.165, 1.54) is 0 Å². The molecule has 7 nitrogen and oxygen atoms in total. The predicted octanol–water partition coefficient (Wildman–Crippen LogP) is 4.44. The fourth-order valence-corrected chi connectivity index (χ4v) is 3.95. The molecule has 7 heteroatoms. The molecule has 4 rings (SSSR count). The van der Waals surface area contributed by atoms with E-state index < -0.39 is 5.97 Å². The number of carbonyl (C=O) groups is 2. The number of hydrogen-bond donors (Lipinski definition) is 3. The number of nitrogens with two attached hydrogens (primary N) is 1. The zero-order valence-electron chi connectivity index (χ0n) is 19.5. The first-order valence-corrected chi connectivity index (χ1v) is 11.1. The van der Waals surface area contributed by atoms with Crippen molar-refractivity contribution >= 4 is 40.2 Å². The van der Waals surface area contributed by atoms with Gasteiger partial charge in [0.1, 0.15) is 0 Å². The van der Waals surface area contributed by atoms with E-state index in [1.807, 2.05) is 62.6 Å². The standard InChI is InChI=1S/C27H28N4O3/c1-4-34-27(33)18-11-13-21-23(14-18)30-26(32)24(21)25(17-8-6-5-7-9-17)29-20-12-10-19(16-31(2)3)22(28)15-20/h5-15,29H,4,16,28H2,1-3H3,(H,30,32). The highest BCUT2D eigenvalue weighted by atomic mass is 16.5. The van der Waals surface area contributed by atoms with Crippen molar-refractivity contribution in [3.63, 3.8) is 0 Å². The Morgan fingerprint density at radius 2 is 1.79 bits per heavy atom. The SMILES string of the molecule is CCOC(=O)c1ccc2c(c1)NC(=O)C2=C(Nc1ccc(CN(C)C)c(N)c1)c1ccccc1. The molecule has 1 aliphatic rings. The molecular weight excluding hydrogens is 428 g/mol. The molecule has 0 aliphatic carbocycles. The Balaban J connectivity index is 1.79. The van der Waals surface area contributed by atoms with Crippen molar-refractivity contribution in [2.24, 2.45) is 0 Å². The van der Waals surface area contributed by atoms with Crippen molar-refractivity contribution in [3.05, 3.63) is 89.0 Å². The van der Waals surface area contributed by atoms with Crippen LogP contribution in [-0.4, -0.2) is 37.5 Å². The summed E-state index contributed by atoms with van der Waals surface area (Å²) < 4.78 is 5.09. The van der Waals surface area contributed by atoms with Gasteiger partial charge in [0.25, 0.3) is 5.91 Å². The van der Waals surface area contributed by atoms with Crippen LogP contribution in [0.2, 0.25) is 0 Å². The third-order valence-corrected chi connectivity index (χ3v) is 5.49. The van der Waals surface area contributed by atoms with Crippen molar-refractivity contribution in [1.29, 1.82) is 0 Å². The lowest BCUT2D eigenvalue weighted by molar-refractivity contribution is -0.110. The van der Waals surface area contributed by atoms with Gasteiger partial charge in [0.2, 0.25) is 0 Å². The topological polar surface area (TPSA) is 96.7 Å². The number of hydrogen-bond acceptors (Lipinski definition) is 6. The normalized spacial score (nSPS) is 13.9. The summed E-state index contributed by atoms with van der Waals surface area (Å²) in [5.74, 6) is -0.675. The second kappa shape index (κ2) is 9.80. The maximum absolute atomic E-state index is 13.1. The van der Waals surface area contributed by atoms with Crippen LogP contribution in [0.4, 0.5) is 17.1 Å². The summed E-state index contributed by atoms with van der Waals surface area (Å²) in [6.45, 7) is 2.77.